The van der Waals surface area contributed by atoms with Gasteiger partial charge in [-0.25, -0.2) is 18.4 Å². The van der Waals surface area contributed by atoms with E-state index in [4.69, 9.17) is 5.14 Å². The maximum Gasteiger partial charge on any atom is 0.326 e. The Morgan fingerprint density at radius 1 is 1.46 bits per heavy atom. The second-order valence-electron chi connectivity index (χ2n) is 5.79. The highest BCUT2D eigenvalue weighted by molar-refractivity contribution is 9.10. The molecule has 1 aromatic carbocycles. The number of carboxylic acids is 1. The van der Waals surface area contributed by atoms with Gasteiger partial charge in [-0.2, -0.15) is 0 Å². The summed E-state index contributed by atoms with van der Waals surface area (Å²) in [5.41, 5.74) is 0.620. The first-order chi connectivity index (χ1) is 11.1. The first-order valence-electron chi connectivity index (χ1n) is 7.07. The van der Waals surface area contributed by atoms with E-state index >= 15 is 0 Å². The highest BCUT2D eigenvalue weighted by Gasteiger charge is 2.38. The summed E-state index contributed by atoms with van der Waals surface area (Å²) < 4.78 is 22.8. The van der Waals surface area contributed by atoms with E-state index < -0.39 is 33.9 Å². The number of nitrogens with two attached hydrogens (primary N) is 1. The van der Waals surface area contributed by atoms with Gasteiger partial charge in [-0.05, 0) is 33.6 Å². The molecular formula is C14H17BrN2O6S. The van der Waals surface area contributed by atoms with Gasteiger partial charge in [0.05, 0.1) is 10.2 Å². The molecule has 0 radical (unpaired) electrons. The van der Waals surface area contributed by atoms with Gasteiger partial charge in [-0.3, -0.25) is 4.79 Å². The molecule has 0 saturated carbocycles. The zero-order valence-electron chi connectivity index (χ0n) is 12.6. The van der Waals surface area contributed by atoms with Crippen molar-refractivity contribution in [1.82, 2.24) is 4.90 Å². The predicted molar refractivity (Wildman–Crippen MR) is 88.7 cm³/mol. The SMILES string of the molecule is NS(=O)(=O)CC1CC(=O)N([C@@H](Cc2ccc(O)c(Br)c2)C(=O)O)C1. The first-order valence-corrected chi connectivity index (χ1v) is 9.58. The number of carbonyl (C=O) groups is 2. The van der Waals surface area contributed by atoms with Crippen LogP contribution in [-0.4, -0.2) is 53.7 Å². The van der Waals surface area contributed by atoms with Crippen molar-refractivity contribution in [1.29, 1.82) is 0 Å². The van der Waals surface area contributed by atoms with E-state index in [0.29, 0.717) is 10.0 Å². The molecule has 1 aliphatic heterocycles. The van der Waals surface area contributed by atoms with Crippen LogP contribution >= 0.6 is 15.9 Å². The number of rotatable bonds is 6. The number of carbonyl (C=O) groups excluding carboxylic acids is 1. The lowest BCUT2D eigenvalue weighted by molar-refractivity contribution is -0.148. The summed E-state index contributed by atoms with van der Waals surface area (Å²) in [4.78, 5) is 24.9. The highest BCUT2D eigenvalue weighted by atomic mass is 79.9. The molecule has 1 amide bonds. The lowest BCUT2D eigenvalue weighted by Gasteiger charge is -2.25. The van der Waals surface area contributed by atoms with Crippen molar-refractivity contribution >= 4 is 37.8 Å². The Labute approximate surface area is 147 Å². The number of likely N-dealkylation sites (tertiary alicyclic amines) is 1. The number of hydrogen-bond acceptors (Lipinski definition) is 5. The average molecular weight is 421 g/mol. The summed E-state index contributed by atoms with van der Waals surface area (Å²) in [5, 5.41) is 23.9. The molecule has 1 fully saturated rings. The largest absolute Gasteiger partial charge is 0.507 e. The van der Waals surface area contributed by atoms with Gasteiger partial charge < -0.3 is 15.1 Å². The third-order valence-corrected chi connectivity index (χ3v) is 5.38. The molecule has 2 atom stereocenters. The van der Waals surface area contributed by atoms with Crippen LogP contribution in [0.5, 0.6) is 5.75 Å². The molecular weight excluding hydrogens is 404 g/mol. The molecule has 24 heavy (non-hydrogen) atoms. The van der Waals surface area contributed by atoms with Gasteiger partial charge >= 0.3 is 5.97 Å². The number of hydrogen-bond donors (Lipinski definition) is 3. The monoisotopic (exact) mass is 420 g/mol. The minimum atomic E-state index is -3.73. The topological polar surface area (TPSA) is 138 Å². The Morgan fingerprint density at radius 2 is 2.12 bits per heavy atom. The molecule has 8 nitrogen and oxygen atoms in total. The van der Waals surface area contributed by atoms with Gasteiger partial charge in [0.1, 0.15) is 11.8 Å². The van der Waals surface area contributed by atoms with E-state index in [1.54, 1.807) is 12.1 Å². The highest BCUT2D eigenvalue weighted by Crippen LogP contribution is 2.27. The maximum atomic E-state index is 12.1. The zero-order valence-corrected chi connectivity index (χ0v) is 15.0. The fraction of sp³-hybridized carbons (Fsp3) is 0.429. The minimum Gasteiger partial charge on any atom is -0.507 e. The summed E-state index contributed by atoms with van der Waals surface area (Å²) in [5.74, 6) is -2.43. The molecule has 0 aliphatic carbocycles. The normalized spacial score (nSPS) is 19.5. The molecule has 2 rings (SSSR count). The molecule has 0 spiro atoms. The van der Waals surface area contributed by atoms with E-state index in [9.17, 15) is 28.2 Å². The van der Waals surface area contributed by atoms with Crippen molar-refractivity contribution < 1.29 is 28.2 Å². The molecule has 132 valence electrons. The van der Waals surface area contributed by atoms with Gasteiger partial charge in [0.15, 0.2) is 0 Å². The standard InChI is InChI=1S/C14H17BrN2O6S/c15-10-3-8(1-2-12(10)18)4-11(14(20)21)17-6-9(5-13(17)19)7-24(16,22)23/h1-3,9,11,18H,4-7H2,(H,20,21)(H2,16,22,23)/t9?,11-/m0/s1. The molecule has 4 N–H and O–H groups in total. The van der Waals surface area contributed by atoms with E-state index in [2.05, 4.69) is 15.9 Å². The summed E-state index contributed by atoms with van der Waals surface area (Å²) in [6, 6.07) is 3.46. The Bertz CT molecular complexity index is 767. The fourth-order valence-corrected chi connectivity index (χ4v) is 4.09. The van der Waals surface area contributed by atoms with Crippen molar-refractivity contribution in [3.05, 3.63) is 28.2 Å². The second kappa shape index (κ2) is 7.08. The van der Waals surface area contributed by atoms with Gasteiger partial charge in [0, 0.05) is 25.3 Å². The summed E-state index contributed by atoms with van der Waals surface area (Å²) in [6.07, 6.45) is 0.00152. The van der Waals surface area contributed by atoms with Crippen molar-refractivity contribution in [2.45, 2.75) is 18.9 Å². The lowest BCUT2D eigenvalue weighted by Crippen LogP contribution is -2.44. The van der Waals surface area contributed by atoms with E-state index in [1.807, 2.05) is 0 Å². The Hall–Kier alpha value is -1.65. The quantitative estimate of drug-likeness (QED) is 0.604. The van der Waals surface area contributed by atoms with Gasteiger partial charge in [-0.15, -0.1) is 0 Å². The molecule has 0 aromatic heterocycles. The molecule has 0 bridgehead atoms. The maximum absolute atomic E-state index is 12.1. The zero-order chi connectivity index (χ0) is 18.1. The number of phenolic OH excluding ortho intramolecular Hbond substituents is 1. The van der Waals surface area contributed by atoms with Crippen LogP contribution in [0.25, 0.3) is 0 Å². The number of phenols is 1. The van der Waals surface area contributed by atoms with Crippen LogP contribution in [0.15, 0.2) is 22.7 Å². The third-order valence-electron chi connectivity index (χ3n) is 3.81. The average Bonchev–Trinajstić information content (AvgIpc) is 2.77. The van der Waals surface area contributed by atoms with Crippen LogP contribution < -0.4 is 5.14 Å². The van der Waals surface area contributed by atoms with E-state index in [-0.39, 0.29) is 30.9 Å². The number of aliphatic carboxylic acids is 1. The number of amides is 1. The van der Waals surface area contributed by atoms with Crippen LogP contribution in [0.2, 0.25) is 0 Å². The number of benzene rings is 1. The van der Waals surface area contributed by atoms with Crippen molar-refractivity contribution in [3.63, 3.8) is 0 Å². The molecule has 1 unspecified atom stereocenters. The second-order valence-corrected chi connectivity index (χ2v) is 8.30. The number of nitrogens with zero attached hydrogens (tertiary/aromatic N) is 1. The number of aromatic hydroxyl groups is 1. The Balaban J connectivity index is 2.17. The molecule has 1 saturated heterocycles. The summed E-state index contributed by atoms with van der Waals surface area (Å²) in [7, 11) is -3.73. The van der Waals surface area contributed by atoms with Gasteiger partial charge in [0.25, 0.3) is 0 Å². The number of halogens is 1. The van der Waals surface area contributed by atoms with Gasteiger partial charge in [-0.1, -0.05) is 6.07 Å². The Kier molecular flexibility index (Phi) is 5.51. The number of carboxylic acid groups (broad SMARTS) is 1. The summed E-state index contributed by atoms with van der Waals surface area (Å²) >= 11 is 3.15. The smallest absolute Gasteiger partial charge is 0.326 e. The molecule has 10 heteroatoms. The van der Waals surface area contributed by atoms with Crippen molar-refractivity contribution in [3.8, 4) is 5.75 Å². The molecule has 1 aliphatic rings. The van der Waals surface area contributed by atoms with Crippen LogP contribution in [0.1, 0.15) is 12.0 Å². The predicted octanol–water partition coefficient (Wildman–Crippen LogP) is 0.287. The summed E-state index contributed by atoms with van der Waals surface area (Å²) in [6.45, 7) is 0.0332. The molecule has 1 aromatic rings. The van der Waals surface area contributed by atoms with E-state index in [1.165, 1.54) is 11.0 Å². The van der Waals surface area contributed by atoms with Gasteiger partial charge in [0.2, 0.25) is 15.9 Å². The molecule has 1 heterocycles. The number of sulfonamides is 1. The van der Waals surface area contributed by atoms with Crippen molar-refractivity contribution in [2.24, 2.45) is 11.1 Å². The Morgan fingerprint density at radius 3 is 2.67 bits per heavy atom. The van der Waals surface area contributed by atoms with Crippen LogP contribution in [0.3, 0.4) is 0 Å². The van der Waals surface area contributed by atoms with E-state index in [0.717, 1.165) is 0 Å². The lowest BCUT2D eigenvalue weighted by atomic mass is 10.0. The van der Waals surface area contributed by atoms with Crippen molar-refractivity contribution in [2.75, 3.05) is 12.3 Å². The first kappa shape index (κ1) is 18.7. The van der Waals surface area contributed by atoms with Crippen LogP contribution in [0.4, 0.5) is 0 Å². The number of primary sulfonamides is 1. The fourth-order valence-electron chi connectivity index (χ4n) is 2.78. The minimum absolute atomic E-state index is 0.0242. The van der Waals surface area contributed by atoms with Crippen LogP contribution in [0, 0.1) is 5.92 Å². The third kappa shape index (κ3) is 4.68. The van der Waals surface area contributed by atoms with Crippen LogP contribution in [-0.2, 0) is 26.0 Å².